The van der Waals surface area contributed by atoms with Crippen molar-refractivity contribution >= 4 is 23.3 Å². The predicted molar refractivity (Wildman–Crippen MR) is 120 cm³/mol. The highest BCUT2D eigenvalue weighted by Gasteiger charge is 2.43. The molecule has 2 aromatic rings. The summed E-state index contributed by atoms with van der Waals surface area (Å²) in [4.78, 5) is 27.3. The molecule has 2 aliphatic rings. The van der Waals surface area contributed by atoms with Gasteiger partial charge >= 0.3 is 0 Å². The fourth-order valence-electron chi connectivity index (χ4n) is 4.43. The first-order valence-electron chi connectivity index (χ1n) is 10.7. The van der Waals surface area contributed by atoms with Crippen LogP contribution < -0.4 is 9.47 Å². The van der Waals surface area contributed by atoms with Crippen LogP contribution in [0.1, 0.15) is 51.9 Å². The fraction of sp³-hybridized carbons (Fsp3) is 0.440. The van der Waals surface area contributed by atoms with Crippen LogP contribution in [0.15, 0.2) is 24.3 Å². The lowest BCUT2D eigenvalue weighted by Crippen LogP contribution is -2.53. The number of rotatable bonds is 3. The normalized spacial score (nSPS) is 17.3. The maximum Gasteiger partial charge on any atom is 0.260 e. The Balaban J connectivity index is 1.40. The Morgan fingerprint density at radius 3 is 2.48 bits per heavy atom. The highest BCUT2D eigenvalue weighted by Crippen LogP contribution is 2.41. The van der Waals surface area contributed by atoms with Crippen molar-refractivity contribution in [2.75, 3.05) is 19.7 Å². The maximum absolute atomic E-state index is 12.8. The standard InChI is InChI=1S/C25H28ClNO4/c1-15-5-6-16(2)24(18(15)4)30-14-23(29)27-9-7-25(8-10-27)13-21(28)19-12-20(26)17(3)11-22(19)31-25/h5-6,11-12H,7-10,13-14H2,1-4H3. The number of piperidine rings is 1. The third-order valence-corrected chi connectivity index (χ3v) is 7.02. The summed E-state index contributed by atoms with van der Waals surface area (Å²) < 4.78 is 12.2. The lowest BCUT2D eigenvalue weighted by Gasteiger charge is -2.44. The quantitative estimate of drug-likeness (QED) is 0.674. The third kappa shape index (κ3) is 4.16. The van der Waals surface area contributed by atoms with Gasteiger partial charge in [-0.15, -0.1) is 0 Å². The summed E-state index contributed by atoms with van der Waals surface area (Å²) in [5, 5.41) is 0.575. The van der Waals surface area contributed by atoms with Gasteiger partial charge in [-0.3, -0.25) is 9.59 Å². The molecule has 4 rings (SSSR count). The minimum Gasteiger partial charge on any atom is -0.486 e. The molecule has 1 spiro atoms. The van der Waals surface area contributed by atoms with E-state index in [4.69, 9.17) is 21.1 Å². The summed E-state index contributed by atoms with van der Waals surface area (Å²) in [6.07, 6.45) is 1.56. The number of ketones is 1. The molecule has 164 valence electrons. The van der Waals surface area contributed by atoms with Crippen molar-refractivity contribution in [3.8, 4) is 11.5 Å². The van der Waals surface area contributed by atoms with Gasteiger partial charge in [-0.2, -0.15) is 0 Å². The minimum absolute atomic E-state index is 0.0123. The zero-order valence-electron chi connectivity index (χ0n) is 18.5. The average molecular weight is 442 g/mol. The van der Waals surface area contributed by atoms with Gasteiger partial charge in [-0.1, -0.05) is 23.7 Å². The zero-order chi connectivity index (χ0) is 22.3. The molecule has 0 radical (unpaired) electrons. The van der Waals surface area contributed by atoms with E-state index >= 15 is 0 Å². The van der Waals surface area contributed by atoms with Gasteiger partial charge in [0.1, 0.15) is 17.1 Å². The lowest BCUT2D eigenvalue weighted by atomic mass is 9.82. The van der Waals surface area contributed by atoms with Gasteiger partial charge in [0, 0.05) is 31.0 Å². The van der Waals surface area contributed by atoms with E-state index in [1.165, 1.54) is 0 Å². The molecule has 0 bridgehead atoms. The molecule has 0 N–H and O–H groups in total. The average Bonchev–Trinajstić information content (AvgIpc) is 2.73. The van der Waals surface area contributed by atoms with E-state index in [9.17, 15) is 9.59 Å². The summed E-state index contributed by atoms with van der Waals surface area (Å²) in [6, 6.07) is 7.61. The van der Waals surface area contributed by atoms with E-state index in [0.29, 0.717) is 48.7 Å². The first kappa shape index (κ1) is 21.7. The van der Waals surface area contributed by atoms with E-state index < -0.39 is 5.60 Å². The second-order valence-electron chi connectivity index (χ2n) is 8.81. The zero-order valence-corrected chi connectivity index (χ0v) is 19.3. The van der Waals surface area contributed by atoms with Crippen molar-refractivity contribution in [3.05, 3.63) is 57.1 Å². The van der Waals surface area contributed by atoms with Crippen LogP contribution >= 0.6 is 11.6 Å². The van der Waals surface area contributed by atoms with Gasteiger partial charge in [-0.05, 0) is 62.1 Å². The van der Waals surface area contributed by atoms with E-state index in [2.05, 4.69) is 6.07 Å². The number of carbonyl (C=O) groups is 2. The van der Waals surface area contributed by atoms with Crippen molar-refractivity contribution in [3.63, 3.8) is 0 Å². The first-order valence-corrected chi connectivity index (χ1v) is 11.1. The molecular formula is C25H28ClNO4. The number of amides is 1. The Kier molecular flexibility index (Phi) is 5.73. The van der Waals surface area contributed by atoms with Crippen LogP contribution in [0.25, 0.3) is 0 Å². The minimum atomic E-state index is -0.550. The summed E-state index contributed by atoms with van der Waals surface area (Å²) in [5.74, 6) is 1.40. The number of carbonyl (C=O) groups excluding carboxylic acids is 2. The van der Waals surface area contributed by atoms with Crippen LogP contribution in [-0.4, -0.2) is 41.9 Å². The van der Waals surface area contributed by atoms with E-state index in [1.807, 2.05) is 44.7 Å². The molecule has 0 atom stereocenters. The second kappa shape index (κ2) is 8.19. The van der Waals surface area contributed by atoms with Crippen molar-refractivity contribution in [1.82, 2.24) is 4.90 Å². The van der Waals surface area contributed by atoms with Crippen LogP contribution in [-0.2, 0) is 4.79 Å². The van der Waals surface area contributed by atoms with Gasteiger partial charge < -0.3 is 14.4 Å². The predicted octanol–water partition coefficient (Wildman–Crippen LogP) is 4.98. The molecular weight excluding hydrogens is 414 g/mol. The van der Waals surface area contributed by atoms with Crippen LogP contribution in [0.3, 0.4) is 0 Å². The highest BCUT2D eigenvalue weighted by molar-refractivity contribution is 6.31. The number of likely N-dealkylation sites (tertiary alicyclic amines) is 1. The largest absolute Gasteiger partial charge is 0.486 e. The van der Waals surface area contributed by atoms with Gasteiger partial charge in [0.2, 0.25) is 0 Å². The van der Waals surface area contributed by atoms with Crippen molar-refractivity contribution < 1.29 is 19.1 Å². The fourth-order valence-corrected chi connectivity index (χ4v) is 4.59. The van der Waals surface area contributed by atoms with E-state index in [0.717, 1.165) is 28.0 Å². The number of nitrogens with zero attached hydrogens (tertiary/aromatic N) is 1. The molecule has 1 amide bonds. The molecule has 0 aromatic heterocycles. The number of hydrogen-bond acceptors (Lipinski definition) is 4. The molecule has 31 heavy (non-hydrogen) atoms. The highest BCUT2D eigenvalue weighted by atomic mass is 35.5. The molecule has 5 nitrogen and oxygen atoms in total. The topological polar surface area (TPSA) is 55.8 Å². The number of hydrogen-bond donors (Lipinski definition) is 0. The Labute approximate surface area is 188 Å². The van der Waals surface area contributed by atoms with E-state index in [-0.39, 0.29) is 18.3 Å². The first-order chi connectivity index (χ1) is 14.7. The number of ether oxygens (including phenoxy) is 2. The molecule has 6 heteroatoms. The van der Waals surface area contributed by atoms with Gasteiger partial charge in [0.05, 0.1) is 12.0 Å². The molecule has 2 heterocycles. The monoisotopic (exact) mass is 441 g/mol. The number of aryl methyl sites for hydroxylation is 3. The molecule has 2 aromatic carbocycles. The third-order valence-electron chi connectivity index (χ3n) is 6.61. The van der Waals surface area contributed by atoms with Crippen LogP contribution in [0, 0.1) is 27.7 Å². The molecule has 1 saturated heterocycles. The number of Topliss-reactive ketones (excluding diaryl/α,β-unsaturated/α-hetero) is 1. The van der Waals surface area contributed by atoms with Crippen molar-refractivity contribution in [2.45, 2.75) is 52.6 Å². The Morgan fingerprint density at radius 2 is 1.77 bits per heavy atom. The number of benzene rings is 2. The Hall–Kier alpha value is -2.53. The van der Waals surface area contributed by atoms with Crippen LogP contribution in [0.2, 0.25) is 5.02 Å². The van der Waals surface area contributed by atoms with Crippen LogP contribution in [0.4, 0.5) is 0 Å². The van der Waals surface area contributed by atoms with Gasteiger partial charge in [-0.25, -0.2) is 0 Å². The van der Waals surface area contributed by atoms with Crippen LogP contribution in [0.5, 0.6) is 11.5 Å². The van der Waals surface area contributed by atoms with Gasteiger partial charge in [0.25, 0.3) is 5.91 Å². The summed E-state index contributed by atoms with van der Waals surface area (Å²) in [7, 11) is 0. The maximum atomic E-state index is 12.8. The smallest absolute Gasteiger partial charge is 0.260 e. The number of fused-ring (bicyclic) bond motifs is 1. The van der Waals surface area contributed by atoms with E-state index in [1.54, 1.807) is 6.07 Å². The second-order valence-corrected chi connectivity index (χ2v) is 9.21. The molecule has 1 fully saturated rings. The molecule has 0 unspecified atom stereocenters. The Bertz CT molecular complexity index is 1050. The van der Waals surface area contributed by atoms with Gasteiger partial charge in [0.15, 0.2) is 12.4 Å². The Morgan fingerprint density at radius 1 is 1.10 bits per heavy atom. The number of halogens is 1. The van der Waals surface area contributed by atoms with Crippen molar-refractivity contribution in [1.29, 1.82) is 0 Å². The SMILES string of the molecule is Cc1cc2c(cc1Cl)C(=O)CC1(CCN(C(=O)COc3c(C)ccc(C)c3C)CC1)O2. The molecule has 0 saturated carbocycles. The lowest BCUT2D eigenvalue weighted by molar-refractivity contribution is -0.136. The van der Waals surface area contributed by atoms with Crippen molar-refractivity contribution in [2.24, 2.45) is 0 Å². The molecule has 0 aliphatic carbocycles. The molecule has 2 aliphatic heterocycles. The summed E-state index contributed by atoms with van der Waals surface area (Å²) >= 11 is 6.18. The summed E-state index contributed by atoms with van der Waals surface area (Å²) in [5.41, 5.74) is 4.12. The summed E-state index contributed by atoms with van der Waals surface area (Å²) in [6.45, 7) is 9.03.